The van der Waals surface area contributed by atoms with E-state index in [2.05, 4.69) is 22.1 Å². The molecule has 0 atom stereocenters. The van der Waals surface area contributed by atoms with Crippen LogP contribution in [0.2, 0.25) is 0 Å². The number of ether oxygens (including phenoxy) is 2. The summed E-state index contributed by atoms with van der Waals surface area (Å²) in [6, 6.07) is 5.94. The normalized spacial score (nSPS) is 12.9. The van der Waals surface area contributed by atoms with Crippen LogP contribution in [-0.4, -0.2) is 39.5 Å². The Kier molecular flexibility index (Phi) is 9.04. The van der Waals surface area contributed by atoms with Crippen molar-refractivity contribution in [2.75, 3.05) is 18.2 Å². The standard InChI is InChI=1S/C27H32N4O4S2/c1-5-14-31-22(15-35-20-12-9-10-17(2)18(20)3)29-30-27(31)36-16-23(32)28-25-24(26(33)34-4)19-11-7-6-8-13-21(19)37-25/h5,9-10,12H,1,6-8,11,13-16H2,2-4H3,(H,28,32). The van der Waals surface area contributed by atoms with Gasteiger partial charge in [0.25, 0.3) is 0 Å². The van der Waals surface area contributed by atoms with Gasteiger partial charge in [0.1, 0.15) is 17.4 Å². The number of aryl methyl sites for hydroxylation is 2. The Morgan fingerprint density at radius 2 is 2.03 bits per heavy atom. The molecule has 2 aromatic heterocycles. The molecule has 1 aromatic carbocycles. The zero-order valence-corrected chi connectivity index (χ0v) is 23.1. The molecule has 8 nitrogen and oxygen atoms in total. The molecule has 0 radical (unpaired) electrons. The lowest BCUT2D eigenvalue weighted by Crippen LogP contribution is -2.17. The van der Waals surface area contributed by atoms with Crippen molar-refractivity contribution in [3.8, 4) is 5.75 Å². The van der Waals surface area contributed by atoms with Crippen LogP contribution in [0.3, 0.4) is 0 Å². The van der Waals surface area contributed by atoms with Gasteiger partial charge in [-0.25, -0.2) is 4.79 Å². The molecule has 1 aliphatic rings. The number of thiophene rings is 1. The van der Waals surface area contributed by atoms with E-state index >= 15 is 0 Å². The largest absolute Gasteiger partial charge is 0.485 e. The molecule has 37 heavy (non-hydrogen) atoms. The van der Waals surface area contributed by atoms with E-state index in [9.17, 15) is 9.59 Å². The minimum atomic E-state index is -0.401. The number of amides is 1. The van der Waals surface area contributed by atoms with Gasteiger partial charge in [-0.15, -0.1) is 28.1 Å². The number of nitrogens with zero attached hydrogens (tertiary/aromatic N) is 3. The number of nitrogens with one attached hydrogen (secondary N) is 1. The fourth-order valence-electron chi connectivity index (χ4n) is 4.31. The summed E-state index contributed by atoms with van der Waals surface area (Å²) in [6.45, 7) is 8.65. The van der Waals surface area contributed by atoms with Crippen LogP contribution in [0.1, 0.15) is 57.0 Å². The van der Waals surface area contributed by atoms with Crippen LogP contribution in [0.25, 0.3) is 0 Å². The van der Waals surface area contributed by atoms with E-state index in [-0.39, 0.29) is 18.3 Å². The smallest absolute Gasteiger partial charge is 0.341 e. The van der Waals surface area contributed by atoms with E-state index in [1.165, 1.54) is 35.1 Å². The first-order valence-electron chi connectivity index (χ1n) is 12.3. The van der Waals surface area contributed by atoms with Crippen LogP contribution >= 0.6 is 23.1 Å². The highest BCUT2D eigenvalue weighted by atomic mass is 32.2. The summed E-state index contributed by atoms with van der Waals surface area (Å²) < 4.78 is 12.9. The molecule has 0 saturated heterocycles. The number of carbonyl (C=O) groups is 2. The maximum atomic E-state index is 12.9. The highest BCUT2D eigenvalue weighted by Gasteiger charge is 2.26. The molecule has 1 N–H and O–H groups in total. The van der Waals surface area contributed by atoms with Crippen LogP contribution in [-0.2, 0) is 35.5 Å². The second kappa shape index (κ2) is 12.4. The number of thioether (sulfide) groups is 1. The third kappa shape index (κ3) is 6.24. The maximum absolute atomic E-state index is 12.9. The Labute approximate surface area is 225 Å². The molecule has 196 valence electrons. The van der Waals surface area contributed by atoms with E-state index in [1.54, 1.807) is 6.08 Å². The molecule has 0 aliphatic heterocycles. The third-order valence-corrected chi connectivity index (χ3v) is 8.59. The van der Waals surface area contributed by atoms with Crippen molar-refractivity contribution in [3.05, 3.63) is 63.8 Å². The van der Waals surface area contributed by atoms with Crippen molar-refractivity contribution in [3.63, 3.8) is 0 Å². The van der Waals surface area contributed by atoms with Gasteiger partial charge in [-0.05, 0) is 62.3 Å². The van der Waals surface area contributed by atoms with Crippen molar-refractivity contribution in [2.24, 2.45) is 0 Å². The number of methoxy groups -OCH3 is 1. The molecule has 2 heterocycles. The van der Waals surface area contributed by atoms with Crippen molar-refractivity contribution in [1.82, 2.24) is 14.8 Å². The third-order valence-electron chi connectivity index (χ3n) is 6.41. The summed E-state index contributed by atoms with van der Waals surface area (Å²) in [4.78, 5) is 26.6. The van der Waals surface area contributed by atoms with Gasteiger partial charge in [0.05, 0.1) is 18.4 Å². The lowest BCUT2D eigenvalue weighted by Gasteiger charge is -2.12. The average molecular weight is 541 g/mol. The molecule has 0 saturated carbocycles. The lowest BCUT2D eigenvalue weighted by atomic mass is 10.1. The molecule has 4 rings (SSSR count). The molecule has 0 spiro atoms. The van der Waals surface area contributed by atoms with Gasteiger partial charge in [-0.1, -0.05) is 36.4 Å². The van der Waals surface area contributed by atoms with Gasteiger partial charge in [-0.2, -0.15) is 0 Å². The quantitative estimate of drug-likeness (QED) is 0.157. The van der Waals surface area contributed by atoms with Crippen molar-refractivity contribution < 1.29 is 19.1 Å². The number of hydrogen-bond acceptors (Lipinski definition) is 8. The van der Waals surface area contributed by atoms with Gasteiger partial charge < -0.3 is 14.8 Å². The zero-order valence-electron chi connectivity index (χ0n) is 21.5. The number of hydrogen-bond donors (Lipinski definition) is 1. The molecule has 0 unspecified atom stereocenters. The highest BCUT2D eigenvalue weighted by molar-refractivity contribution is 7.99. The second-order valence-electron chi connectivity index (χ2n) is 8.88. The Balaban J connectivity index is 1.44. The van der Waals surface area contributed by atoms with E-state index < -0.39 is 5.97 Å². The van der Waals surface area contributed by atoms with Crippen molar-refractivity contribution in [1.29, 1.82) is 0 Å². The van der Waals surface area contributed by atoms with Crippen LogP contribution in [0.15, 0.2) is 36.0 Å². The topological polar surface area (TPSA) is 95.3 Å². The van der Waals surface area contributed by atoms with E-state index in [0.717, 1.165) is 54.5 Å². The number of fused-ring (bicyclic) bond motifs is 1. The van der Waals surface area contributed by atoms with E-state index in [1.807, 2.05) is 36.6 Å². The highest BCUT2D eigenvalue weighted by Crippen LogP contribution is 2.38. The van der Waals surface area contributed by atoms with Gasteiger partial charge in [0.2, 0.25) is 5.91 Å². The first kappa shape index (κ1) is 26.9. The summed E-state index contributed by atoms with van der Waals surface area (Å²) in [5.41, 5.74) is 3.77. The number of benzene rings is 1. The minimum absolute atomic E-state index is 0.121. The first-order chi connectivity index (χ1) is 17.9. The van der Waals surface area contributed by atoms with Crippen LogP contribution in [0, 0.1) is 13.8 Å². The zero-order chi connectivity index (χ0) is 26.4. The van der Waals surface area contributed by atoms with E-state index in [0.29, 0.717) is 28.1 Å². The lowest BCUT2D eigenvalue weighted by molar-refractivity contribution is -0.113. The Morgan fingerprint density at radius 3 is 2.81 bits per heavy atom. The summed E-state index contributed by atoms with van der Waals surface area (Å²) in [5, 5.41) is 12.7. The Morgan fingerprint density at radius 1 is 1.22 bits per heavy atom. The number of allylic oxidation sites excluding steroid dienone is 1. The fraction of sp³-hybridized carbons (Fsp3) is 0.407. The number of carbonyl (C=O) groups excluding carboxylic acids is 2. The Bertz CT molecular complexity index is 1300. The van der Waals surface area contributed by atoms with Crippen LogP contribution in [0.4, 0.5) is 5.00 Å². The van der Waals surface area contributed by atoms with Crippen molar-refractivity contribution in [2.45, 2.75) is 64.3 Å². The summed E-state index contributed by atoms with van der Waals surface area (Å²) in [7, 11) is 1.37. The van der Waals surface area contributed by atoms with Crippen molar-refractivity contribution >= 4 is 40.0 Å². The van der Waals surface area contributed by atoms with Gasteiger partial charge in [0, 0.05) is 11.4 Å². The summed E-state index contributed by atoms with van der Waals surface area (Å²) in [5.74, 6) is 0.960. The molecule has 0 fully saturated rings. The van der Waals surface area contributed by atoms with Gasteiger partial charge in [0.15, 0.2) is 11.0 Å². The van der Waals surface area contributed by atoms with Gasteiger partial charge in [-0.3, -0.25) is 9.36 Å². The molecule has 1 aliphatic carbocycles. The molecular formula is C27H32N4O4S2. The Hall–Kier alpha value is -3.11. The molecule has 1 amide bonds. The first-order valence-corrected chi connectivity index (χ1v) is 14.1. The second-order valence-corrected chi connectivity index (χ2v) is 10.9. The maximum Gasteiger partial charge on any atom is 0.341 e. The predicted octanol–water partition coefficient (Wildman–Crippen LogP) is 5.51. The number of anilines is 1. The SMILES string of the molecule is C=CCn1c(COc2cccc(C)c2C)nnc1SCC(=O)Nc1sc2c(c1C(=O)OC)CCCCC2. The number of aromatic nitrogens is 3. The molecule has 3 aromatic rings. The number of rotatable bonds is 10. The fourth-order valence-corrected chi connectivity index (χ4v) is 6.37. The van der Waals surface area contributed by atoms with Crippen LogP contribution < -0.4 is 10.1 Å². The average Bonchev–Trinajstić information content (AvgIpc) is 3.34. The predicted molar refractivity (Wildman–Crippen MR) is 147 cm³/mol. The molecule has 10 heteroatoms. The molecule has 0 bridgehead atoms. The monoisotopic (exact) mass is 540 g/mol. The van der Waals surface area contributed by atoms with Crippen LogP contribution in [0.5, 0.6) is 5.75 Å². The summed E-state index contributed by atoms with van der Waals surface area (Å²) >= 11 is 2.77. The minimum Gasteiger partial charge on any atom is -0.485 e. The van der Waals surface area contributed by atoms with E-state index in [4.69, 9.17) is 9.47 Å². The summed E-state index contributed by atoms with van der Waals surface area (Å²) in [6.07, 6.45) is 6.78. The molecular weight excluding hydrogens is 508 g/mol. The number of esters is 1. The van der Waals surface area contributed by atoms with Gasteiger partial charge >= 0.3 is 5.97 Å².